The first kappa shape index (κ1) is 17.4. The second kappa shape index (κ2) is 9.24. The van der Waals surface area contributed by atoms with Gasteiger partial charge in [0.1, 0.15) is 11.9 Å². The Morgan fingerprint density at radius 2 is 2.04 bits per heavy atom. The number of halogens is 1. The van der Waals surface area contributed by atoms with Crippen molar-refractivity contribution in [1.29, 1.82) is 0 Å². The molecule has 0 bridgehead atoms. The van der Waals surface area contributed by atoms with Gasteiger partial charge in [-0.25, -0.2) is 9.18 Å². The van der Waals surface area contributed by atoms with Crippen LogP contribution in [0.4, 0.5) is 9.18 Å². The molecule has 0 saturated carbocycles. The van der Waals surface area contributed by atoms with Crippen molar-refractivity contribution in [3.8, 4) is 0 Å². The van der Waals surface area contributed by atoms with Crippen molar-refractivity contribution < 1.29 is 19.0 Å². The van der Waals surface area contributed by atoms with E-state index in [1.54, 1.807) is 23.5 Å². The Hall–Kier alpha value is -1.96. The molecule has 0 aliphatic heterocycles. The van der Waals surface area contributed by atoms with Crippen LogP contribution in [0.2, 0.25) is 0 Å². The van der Waals surface area contributed by atoms with Gasteiger partial charge in [-0.2, -0.15) is 11.3 Å². The Labute approximate surface area is 138 Å². The summed E-state index contributed by atoms with van der Waals surface area (Å²) in [7, 11) is 0. The Kier molecular flexibility index (Phi) is 6.99. The lowest BCUT2D eigenvalue weighted by Crippen LogP contribution is -2.38. The molecule has 0 saturated heterocycles. The number of aliphatic hydroxyl groups is 1. The van der Waals surface area contributed by atoms with Gasteiger partial charge in [0.15, 0.2) is 0 Å². The second-order valence-electron chi connectivity index (χ2n) is 4.83. The highest BCUT2D eigenvalue weighted by Crippen LogP contribution is 2.19. The fraction of sp³-hybridized carbons (Fsp3) is 0.312. The van der Waals surface area contributed by atoms with Crippen molar-refractivity contribution in [2.45, 2.75) is 12.6 Å². The van der Waals surface area contributed by atoms with E-state index in [-0.39, 0.29) is 31.2 Å². The molecule has 1 aromatic heterocycles. The zero-order valence-corrected chi connectivity index (χ0v) is 13.3. The molecule has 3 N–H and O–H groups in total. The van der Waals surface area contributed by atoms with Crippen molar-refractivity contribution in [1.82, 2.24) is 10.6 Å². The first-order valence-electron chi connectivity index (χ1n) is 7.19. The number of aliphatic hydroxyl groups excluding tert-OH is 1. The molecule has 5 nitrogen and oxygen atoms in total. The summed E-state index contributed by atoms with van der Waals surface area (Å²) in [4.78, 5) is 11.8. The number of benzene rings is 1. The second-order valence-corrected chi connectivity index (χ2v) is 5.61. The van der Waals surface area contributed by atoms with Gasteiger partial charge in [0.05, 0.1) is 13.2 Å². The fourth-order valence-corrected chi connectivity index (χ4v) is 2.66. The lowest BCUT2D eigenvalue weighted by atomic mass is 10.2. The first-order chi connectivity index (χ1) is 11.2. The van der Waals surface area contributed by atoms with E-state index in [2.05, 4.69) is 10.6 Å². The SMILES string of the molecule is O=C(NCc1ccc(F)cc1)NC[C@@H](OCCO)c1ccsc1. The van der Waals surface area contributed by atoms with Gasteiger partial charge in [-0.05, 0) is 40.1 Å². The standard InChI is InChI=1S/C16H19FN2O3S/c17-14-3-1-12(2-4-14)9-18-16(21)19-10-15(22-7-6-20)13-5-8-23-11-13/h1-5,8,11,15,20H,6-7,9-10H2,(H2,18,19,21)/t15-/m1/s1. The fourth-order valence-electron chi connectivity index (χ4n) is 1.96. The van der Waals surface area contributed by atoms with E-state index in [4.69, 9.17) is 9.84 Å². The molecule has 1 atom stereocenters. The van der Waals surface area contributed by atoms with Crippen LogP contribution in [0, 0.1) is 5.82 Å². The number of rotatable bonds is 8. The summed E-state index contributed by atoms with van der Waals surface area (Å²) < 4.78 is 18.3. The monoisotopic (exact) mass is 338 g/mol. The van der Waals surface area contributed by atoms with E-state index in [1.807, 2.05) is 16.8 Å². The quantitative estimate of drug-likeness (QED) is 0.692. The number of urea groups is 1. The van der Waals surface area contributed by atoms with E-state index in [0.717, 1.165) is 11.1 Å². The van der Waals surface area contributed by atoms with Crippen LogP contribution in [0.5, 0.6) is 0 Å². The molecule has 2 rings (SSSR count). The Morgan fingerprint density at radius 3 is 2.70 bits per heavy atom. The number of nitrogens with one attached hydrogen (secondary N) is 2. The maximum Gasteiger partial charge on any atom is 0.315 e. The normalized spacial score (nSPS) is 11.9. The molecule has 7 heteroatoms. The highest BCUT2D eigenvalue weighted by atomic mass is 32.1. The molecule has 0 radical (unpaired) electrons. The lowest BCUT2D eigenvalue weighted by molar-refractivity contribution is 0.0297. The Bertz CT molecular complexity index is 590. The van der Waals surface area contributed by atoms with Crippen molar-refractivity contribution in [3.05, 3.63) is 58.0 Å². The van der Waals surface area contributed by atoms with Crippen LogP contribution in [-0.2, 0) is 11.3 Å². The third kappa shape index (κ3) is 5.97. The Morgan fingerprint density at radius 1 is 1.26 bits per heavy atom. The summed E-state index contributed by atoms with van der Waals surface area (Å²) in [6.07, 6.45) is -0.301. The summed E-state index contributed by atoms with van der Waals surface area (Å²) in [5.74, 6) is -0.308. The van der Waals surface area contributed by atoms with Gasteiger partial charge in [0, 0.05) is 13.1 Å². The average molecular weight is 338 g/mol. The van der Waals surface area contributed by atoms with Gasteiger partial charge in [-0.3, -0.25) is 0 Å². The average Bonchev–Trinajstić information content (AvgIpc) is 3.09. The summed E-state index contributed by atoms with van der Waals surface area (Å²) in [6, 6.07) is 7.53. The van der Waals surface area contributed by atoms with E-state index < -0.39 is 0 Å². The molecule has 0 aliphatic carbocycles. The number of carbonyl (C=O) groups excluding carboxylic acids is 1. The zero-order valence-electron chi connectivity index (χ0n) is 12.5. The zero-order chi connectivity index (χ0) is 16.5. The van der Waals surface area contributed by atoms with Crippen LogP contribution in [0.15, 0.2) is 41.1 Å². The molecule has 124 valence electrons. The number of hydrogen-bond donors (Lipinski definition) is 3. The van der Waals surface area contributed by atoms with Crippen molar-refractivity contribution in [2.24, 2.45) is 0 Å². The van der Waals surface area contributed by atoms with Crippen LogP contribution in [0.3, 0.4) is 0 Å². The van der Waals surface area contributed by atoms with Crippen molar-refractivity contribution in [3.63, 3.8) is 0 Å². The molecule has 0 aliphatic rings. The van der Waals surface area contributed by atoms with E-state index in [9.17, 15) is 9.18 Å². The number of hydrogen-bond acceptors (Lipinski definition) is 4. The molecule has 0 fully saturated rings. The van der Waals surface area contributed by atoms with Crippen molar-refractivity contribution >= 4 is 17.4 Å². The lowest BCUT2D eigenvalue weighted by Gasteiger charge is -2.17. The van der Waals surface area contributed by atoms with Crippen LogP contribution >= 0.6 is 11.3 Å². The van der Waals surface area contributed by atoms with Gasteiger partial charge in [-0.1, -0.05) is 12.1 Å². The number of ether oxygens (including phenoxy) is 1. The number of amides is 2. The minimum absolute atomic E-state index is 0.0720. The van der Waals surface area contributed by atoms with Gasteiger partial charge in [0.25, 0.3) is 0 Å². The van der Waals surface area contributed by atoms with Gasteiger partial charge in [0.2, 0.25) is 0 Å². The molecule has 1 aromatic carbocycles. The smallest absolute Gasteiger partial charge is 0.315 e. The predicted octanol–water partition coefficient (Wildman–Crippen LogP) is 2.44. The summed E-state index contributed by atoms with van der Waals surface area (Å²) in [5.41, 5.74) is 1.77. The molecule has 2 aromatic rings. The van der Waals surface area contributed by atoms with Crippen LogP contribution < -0.4 is 10.6 Å². The molecule has 23 heavy (non-hydrogen) atoms. The molecule has 0 unspecified atom stereocenters. The predicted molar refractivity (Wildman–Crippen MR) is 86.7 cm³/mol. The maximum atomic E-state index is 12.8. The largest absolute Gasteiger partial charge is 0.394 e. The van der Waals surface area contributed by atoms with Crippen LogP contribution in [0.25, 0.3) is 0 Å². The molecule has 2 amide bonds. The number of thiophene rings is 1. The highest BCUT2D eigenvalue weighted by Gasteiger charge is 2.13. The van der Waals surface area contributed by atoms with Crippen LogP contribution in [0.1, 0.15) is 17.2 Å². The van der Waals surface area contributed by atoms with Gasteiger partial charge < -0.3 is 20.5 Å². The minimum atomic E-state index is -0.331. The summed E-state index contributed by atoms with van der Waals surface area (Å²) in [6.45, 7) is 0.746. The van der Waals surface area contributed by atoms with E-state index >= 15 is 0 Å². The molecular weight excluding hydrogens is 319 g/mol. The third-order valence-electron chi connectivity index (χ3n) is 3.14. The van der Waals surface area contributed by atoms with E-state index in [0.29, 0.717) is 13.1 Å². The third-order valence-corrected chi connectivity index (χ3v) is 3.84. The van der Waals surface area contributed by atoms with Crippen molar-refractivity contribution in [2.75, 3.05) is 19.8 Å². The van der Waals surface area contributed by atoms with Gasteiger partial charge >= 0.3 is 6.03 Å². The molecular formula is C16H19FN2O3S. The molecule has 1 heterocycles. The van der Waals surface area contributed by atoms with E-state index in [1.165, 1.54) is 12.1 Å². The van der Waals surface area contributed by atoms with Crippen LogP contribution in [-0.4, -0.2) is 30.9 Å². The molecule has 0 spiro atoms. The minimum Gasteiger partial charge on any atom is -0.394 e. The van der Waals surface area contributed by atoms with Gasteiger partial charge in [-0.15, -0.1) is 0 Å². The summed E-state index contributed by atoms with van der Waals surface area (Å²) >= 11 is 1.54. The maximum absolute atomic E-state index is 12.8. The first-order valence-corrected chi connectivity index (χ1v) is 8.14. The number of carbonyl (C=O) groups is 1. The Balaban J connectivity index is 1.78. The topological polar surface area (TPSA) is 70.6 Å². The summed E-state index contributed by atoms with van der Waals surface area (Å²) in [5, 5.41) is 18.2. The highest BCUT2D eigenvalue weighted by molar-refractivity contribution is 7.07.